The Morgan fingerprint density at radius 1 is 1.32 bits per heavy atom. The molecule has 19 heavy (non-hydrogen) atoms. The van der Waals surface area contributed by atoms with Crippen LogP contribution in [-0.4, -0.2) is 34.7 Å². The maximum atomic E-state index is 12.0. The molecule has 1 atom stereocenters. The number of carboxylic acids is 1. The van der Waals surface area contributed by atoms with Gasteiger partial charge in [0.1, 0.15) is 17.9 Å². The monoisotopic (exact) mass is 263 g/mol. The van der Waals surface area contributed by atoms with Crippen LogP contribution < -0.4 is 5.32 Å². The third-order valence-electron chi connectivity index (χ3n) is 2.75. The second kappa shape index (κ2) is 5.53. The van der Waals surface area contributed by atoms with Gasteiger partial charge in [0, 0.05) is 18.4 Å². The van der Waals surface area contributed by atoms with Crippen molar-refractivity contribution in [3.05, 3.63) is 36.1 Å². The molecule has 1 aromatic heterocycles. The number of fused-ring (bicyclic) bond motifs is 1. The Morgan fingerprint density at radius 2 is 2.05 bits per heavy atom. The van der Waals surface area contributed by atoms with E-state index in [4.69, 9.17) is 14.6 Å². The fourth-order valence-electron chi connectivity index (χ4n) is 1.78. The number of hydrogen-bond acceptors (Lipinski definition) is 4. The molecule has 0 saturated heterocycles. The van der Waals surface area contributed by atoms with Crippen LogP contribution in [-0.2, 0) is 4.79 Å². The number of hydrogen-bond donors (Lipinski definition) is 3. The fraction of sp³-hybridized carbons (Fsp3) is 0.231. The van der Waals surface area contributed by atoms with Crippen molar-refractivity contribution >= 4 is 22.8 Å². The standard InChI is InChI=1S/C13H13NO5/c15-6-5-10(13(17)18)14-12(16)9-7-19-11-4-2-1-3-8(9)11/h1-4,7,10,15H,5-6H2,(H,14,16)(H,17,18)/t10-/m0/s1. The minimum absolute atomic E-state index is 0.0448. The summed E-state index contributed by atoms with van der Waals surface area (Å²) in [6.07, 6.45) is 1.24. The molecule has 6 heteroatoms. The average molecular weight is 263 g/mol. The molecule has 0 bridgehead atoms. The molecule has 3 N–H and O–H groups in total. The maximum Gasteiger partial charge on any atom is 0.326 e. The number of aliphatic hydroxyl groups excluding tert-OH is 1. The van der Waals surface area contributed by atoms with Crippen LogP contribution in [0.2, 0.25) is 0 Å². The highest BCUT2D eigenvalue weighted by Gasteiger charge is 2.22. The highest BCUT2D eigenvalue weighted by molar-refractivity contribution is 6.06. The molecule has 0 saturated carbocycles. The predicted octanol–water partition coefficient (Wildman–Crippen LogP) is 0.998. The molecule has 1 heterocycles. The predicted molar refractivity (Wildman–Crippen MR) is 66.8 cm³/mol. The second-order valence-electron chi connectivity index (χ2n) is 4.02. The van der Waals surface area contributed by atoms with Gasteiger partial charge in [-0.3, -0.25) is 4.79 Å². The zero-order valence-electron chi connectivity index (χ0n) is 10.00. The number of carbonyl (C=O) groups excluding carboxylic acids is 1. The summed E-state index contributed by atoms with van der Waals surface area (Å²) in [5.41, 5.74) is 0.835. The smallest absolute Gasteiger partial charge is 0.326 e. The van der Waals surface area contributed by atoms with Crippen molar-refractivity contribution in [2.75, 3.05) is 6.61 Å². The van der Waals surface area contributed by atoms with Gasteiger partial charge in [-0.2, -0.15) is 0 Å². The third kappa shape index (κ3) is 2.74. The van der Waals surface area contributed by atoms with E-state index in [1.807, 2.05) is 0 Å². The molecule has 0 unspecified atom stereocenters. The van der Waals surface area contributed by atoms with Crippen molar-refractivity contribution in [1.82, 2.24) is 5.32 Å². The first-order valence-corrected chi connectivity index (χ1v) is 5.74. The minimum atomic E-state index is -1.18. The van der Waals surface area contributed by atoms with Gasteiger partial charge >= 0.3 is 5.97 Å². The molecule has 0 fully saturated rings. The molecule has 1 aromatic carbocycles. The Bertz CT molecular complexity index is 604. The number of carboxylic acid groups (broad SMARTS) is 1. The first kappa shape index (κ1) is 13.1. The number of para-hydroxylation sites is 1. The molecule has 6 nitrogen and oxygen atoms in total. The van der Waals surface area contributed by atoms with Crippen LogP contribution >= 0.6 is 0 Å². The van der Waals surface area contributed by atoms with Crippen LogP contribution in [0.3, 0.4) is 0 Å². The van der Waals surface area contributed by atoms with E-state index in [0.29, 0.717) is 11.0 Å². The van der Waals surface area contributed by atoms with Crippen LogP contribution in [0.25, 0.3) is 11.0 Å². The van der Waals surface area contributed by atoms with E-state index in [-0.39, 0.29) is 18.6 Å². The van der Waals surface area contributed by atoms with Crippen molar-refractivity contribution in [2.45, 2.75) is 12.5 Å². The number of nitrogens with one attached hydrogen (secondary N) is 1. The SMILES string of the molecule is O=C(N[C@@H](CCO)C(=O)O)c1coc2ccccc12. The Kier molecular flexibility index (Phi) is 3.82. The molecule has 0 radical (unpaired) electrons. The van der Waals surface area contributed by atoms with Crippen LogP contribution in [0.1, 0.15) is 16.8 Å². The minimum Gasteiger partial charge on any atom is -0.480 e. The van der Waals surface area contributed by atoms with Crippen LogP contribution in [0.4, 0.5) is 0 Å². The molecular formula is C13H13NO5. The molecule has 0 aliphatic heterocycles. The number of carbonyl (C=O) groups is 2. The van der Waals surface area contributed by atoms with E-state index in [1.54, 1.807) is 24.3 Å². The number of amides is 1. The fourth-order valence-corrected chi connectivity index (χ4v) is 1.78. The highest BCUT2D eigenvalue weighted by Crippen LogP contribution is 2.20. The summed E-state index contributed by atoms with van der Waals surface area (Å²) in [6.45, 7) is -0.316. The van der Waals surface area contributed by atoms with Gasteiger partial charge in [-0.25, -0.2) is 4.79 Å². The zero-order chi connectivity index (χ0) is 13.8. The number of furan rings is 1. The highest BCUT2D eigenvalue weighted by atomic mass is 16.4. The summed E-state index contributed by atoms with van der Waals surface area (Å²) >= 11 is 0. The van der Waals surface area contributed by atoms with Gasteiger partial charge in [0.25, 0.3) is 5.91 Å². The summed E-state index contributed by atoms with van der Waals surface area (Å²) in [6, 6.07) is 5.85. The van der Waals surface area contributed by atoms with E-state index in [0.717, 1.165) is 0 Å². The first-order chi connectivity index (χ1) is 9.13. The molecule has 1 amide bonds. The third-order valence-corrected chi connectivity index (χ3v) is 2.75. The van der Waals surface area contributed by atoms with Crippen molar-refractivity contribution in [3.8, 4) is 0 Å². The van der Waals surface area contributed by atoms with Gasteiger partial charge in [-0.1, -0.05) is 18.2 Å². The first-order valence-electron chi connectivity index (χ1n) is 5.74. The molecule has 0 aliphatic rings. The van der Waals surface area contributed by atoms with Gasteiger partial charge in [-0.05, 0) is 6.07 Å². The Hall–Kier alpha value is -2.34. The molecular weight excluding hydrogens is 250 g/mol. The number of aliphatic hydroxyl groups is 1. The van der Waals surface area contributed by atoms with Crippen molar-refractivity contribution < 1.29 is 24.2 Å². The molecule has 2 aromatic rings. The van der Waals surface area contributed by atoms with Gasteiger partial charge in [-0.15, -0.1) is 0 Å². The number of aliphatic carboxylic acids is 1. The van der Waals surface area contributed by atoms with Crippen molar-refractivity contribution in [2.24, 2.45) is 0 Å². The summed E-state index contributed by atoms with van der Waals surface area (Å²) < 4.78 is 5.21. The summed E-state index contributed by atoms with van der Waals surface area (Å²) in [5.74, 6) is -1.72. The normalized spacial score (nSPS) is 12.3. The topological polar surface area (TPSA) is 99.8 Å². The van der Waals surface area contributed by atoms with Crippen LogP contribution in [0.5, 0.6) is 0 Å². The molecule has 2 rings (SSSR count). The van der Waals surface area contributed by atoms with Gasteiger partial charge in [0.2, 0.25) is 0 Å². The van der Waals surface area contributed by atoms with Gasteiger partial charge in [0.05, 0.1) is 5.56 Å². The summed E-state index contributed by atoms with van der Waals surface area (Å²) in [4.78, 5) is 22.9. The van der Waals surface area contributed by atoms with Crippen LogP contribution in [0.15, 0.2) is 34.9 Å². The van der Waals surface area contributed by atoms with Gasteiger partial charge < -0.3 is 19.9 Å². The second-order valence-corrected chi connectivity index (χ2v) is 4.02. The number of rotatable bonds is 5. The maximum absolute atomic E-state index is 12.0. The lowest BCUT2D eigenvalue weighted by molar-refractivity contribution is -0.139. The van der Waals surface area contributed by atoms with E-state index >= 15 is 0 Å². The lowest BCUT2D eigenvalue weighted by Crippen LogP contribution is -2.41. The van der Waals surface area contributed by atoms with Crippen LogP contribution in [0, 0.1) is 0 Å². The lowest BCUT2D eigenvalue weighted by atomic mass is 10.1. The van der Waals surface area contributed by atoms with E-state index in [9.17, 15) is 9.59 Å². The molecule has 0 aliphatic carbocycles. The largest absolute Gasteiger partial charge is 0.480 e. The average Bonchev–Trinajstić information content (AvgIpc) is 2.81. The summed E-state index contributed by atoms with van der Waals surface area (Å²) in [5, 5.41) is 20.7. The van der Waals surface area contributed by atoms with Crippen molar-refractivity contribution in [1.29, 1.82) is 0 Å². The Morgan fingerprint density at radius 3 is 2.74 bits per heavy atom. The van der Waals surface area contributed by atoms with Gasteiger partial charge in [0.15, 0.2) is 0 Å². The zero-order valence-corrected chi connectivity index (χ0v) is 10.00. The van der Waals surface area contributed by atoms with Crippen molar-refractivity contribution in [3.63, 3.8) is 0 Å². The summed E-state index contributed by atoms with van der Waals surface area (Å²) in [7, 11) is 0. The van der Waals surface area contributed by atoms with E-state index < -0.39 is 17.9 Å². The van der Waals surface area contributed by atoms with E-state index in [2.05, 4.69) is 5.32 Å². The quantitative estimate of drug-likeness (QED) is 0.747. The molecule has 0 spiro atoms. The lowest BCUT2D eigenvalue weighted by Gasteiger charge is -2.12. The number of benzene rings is 1. The van der Waals surface area contributed by atoms with E-state index in [1.165, 1.54) is 6.26 Å². The Labute approximate surface area is 108 Å². The molecule has 100 valence electrons. The Balaban J connectivity index is 2.22.